The molecule has 0 atom stereocenters. The summed E-state index contributed by atoms with van der Waals surface area (Å²) in [6, 6.07) is 4.76. The van der Waals surface area contributed by atoms with Crippen molar-refractivity contribution in [2.45, 2.75) is 19.3 Å². The van der Waals surface area contributed by atoms with E-state index < -0.39 is 11.4 Å². The molecule has 0 amide bonds. The van der Waals surface area contributed by atoms with Crippen molar-refractivity contribution in [1.29, 1.82) is 0 Å². The van der Waals surface area contributed by atoms with Crippen LogP contribution in [0.2, 0.25) is 0 Å². The van der Waals surface area contributed by atoms with Gasteiger partial charge in [-0.2, -0.15) is 0 Å². The summed E-state index contributed by atoms with van der Waals surface area (Å²) >= 11 is 0. The third-order valence-corrected chi connectivity index (χ3v) is 2.57. The number of phenolic OH excluding ortho intramolecular Hbond substituents is 1. The van der Waals surface area contributed by atoms with Crippen molar-refractivity contribution in [2.24, 2.45) is 0 Å². The van der Waals surface area contributed by atoms with Crippen LogP contribution in [0, 0.1) is 0 Å². The quantitative estimate of drug-likeness (QED) is 0.796. The lowest BCUT2D eigenvalue weighted by Crippen LogP contribution is -2.30. The Morgan fingerprint density at radius 1 is 1.31 bits per heavy atom. The van der Waals surface area contributed by atoms with E-state index in [2.05, 4.69) is 0 Å². The Labute approximate surface area is 94.8 Å². The third-order valence-electron chi connectivity index (χ3n) is 2.57. The van der Waals surface area contributed by atoms with Crippen LogP contribution in [0.5, 0.6) is 11.5 Å². The summed E-state index contributed by atoms with van der Waals surface area (Å²) in [4.78, 5) is 11.6. The van der Waals surface area contributed by atoms with Gasteiger partial charge in [-0.25, -0.2) is 0 Å². The van der Waals surface area contributed by atoms with E-state index in [0.717, 1.165) is 0 Å². The first kappa shape index (κ1) is 12.4. The van der Waals surface area contributed by atoms with Crippen LogP contribution < -0.4 is 4.74 Å². The zero-order valence-corrected chi connectivity index (χ0v) is 9.90. The highest BCUT2D eigenvalue weighted by Gasteiger charge is 2.33. The molecule has 0 aliphatic rings. The summed E-state index contributed by atoms with van der Waals surface area (Å²) < 4.78 is 9.76. The Bertz CT molecular complexity index is 396. The summed E-state index contributed by atoms with van der Waals surface area (Å²) in [5.74, 6) is 0.233. The van der Waals surface area contributed by atoms with Crippen molar-refractivity contribution in [2.75, 3.05) is 14.2 Å². The van der Waals surface area contributed by atoms with Gasteiger partial charge in [0.2, 0.25) is 0 Å². The largest absolute Gasteiger partial charge is 0.508 e. The molecular formula is C12H16O4. The Morgan fingerprint density at radius 3 is 2.44 bits per heavy atom. The second-order valence-electron chi connectivity index (χ2n) is 4.00. The minimum Gasteiger partial charge on any atom is -0.508 e. The van der Waals surface area contributed by atoms with Gasteiger partial charge >= 0.3 is 5.97 Å². The van der Waals surface area contributed by atoms with E-state index in [-0.39, 0.29) is 5.75 Å². The zero-order chi connectivity index (χ0) is 12.3. The van der Waals surface area contributed by atoms with E-state index in [0.29, 0.717) is 11.3 Å². The number of hydrogen-bond acceptors (Lipinski definition) is 4. The second-order valence-corrected chi connectivity index (χ2v) is 4.00. The van der Waals surface area contributed by atoms with E-state index in [4.69, 9.17) is 9.47 Å². The van der Waals surface area contributed by atoms with Crippen LogP contribution in [0.25, 0.3) is 0 Å². The lowest BCUT2D eigenvalue weighted by atomic mass is 9.84. The van der Waals surface area contributed by atoms with Gasteiger partial charge in [0.25, 0.3) is 0 Å². The molecule has 0 heterocycles. The number of rotatable bonds is 3. The summed E-state index contributed by atoms with van der Waals surface area (Å²) in [6.07, 6.45) is 0. The first-order valence-electron chi connectivity index (χ1n) is 4.89. The highest BCUT2D eigenvalue weighted by Crippen LogP contribution is 2.34. The Balaban J connectivity index is 3.25. The number of phenols is 1. The topological polar surface area (TPSA) is 55.8 Å². The van der Waals surface area contributed by atoms with Crippen molar-refractivity contribution in [1.82, 2.24) is 0 Å². The minimum atomic E-state index is -0.909. The van der Waals surface area contributed by atoms with Crippen LogP contribution in [0.1, 0.15) is 19.4 Å². The van der Waals surface area contributed by atoms with Gasteiger partial charge < -0.3 is 14.6 Å². The van der Waals surface area contributed by atoms with Gasteiger partial charge in [-0.15, -0.1) is 0 Å². The molecular weight excluding hydrogens is 208 g/mol. The van der Waals surface area contributed by atoms with E-state index in [1.807, 2.05) is 0 Å². The predicted molar refractivity (Wildman–Crippen MR) is 59.7 cm³/mol. The molecule has 0 aliphatic heterocycles. The van der Waals surface area contributed by atoms with Gasteiger partial charge in [-0.3, -0.25) is 4.79 Å². The van der Waals surface area contributed by atoms with Crippen LogP contribution in [0.3, 0.4) is 0 Å². The van der Waals surface area contributed by atoms with Gasteiger partial charge in [0.05, 0.1) is 19.6 Å². The molecule has 16 heavy (non-hydrogen) atoms. The minimum absolute atomic E-state index is 0.0520. The van der Waals surface area contributed by atoms with Crippen LogP contribution in [0.15, 0.2) is 18.2 Å². The Kier molecular flexibility index (Phi) is 3.42. The fraction of sp³-hybridized carbons (Fsp3) is 0.417. The summed E-state index contributed by atoms with van der Waals surface area (Å²) in [5, 5.41) is 9.75. The number of ether oxygens (including phenoxy) is 2. The lowest BCUT2D eigenvalue weighted by Gasteiger charge is -2.23. The Morgan fingerprint density at radius 2 is 1.94 bits per heavy atom. The van der Waals surface area contributed by atoms with Crippen molar-refractivity contribution in [3.8, 4) is 11.5 Å². The third kappa shape index (κ3) is 2.10. The highest BCUT2D eigenvalue weighted by atomic mass is 16.5. The number of carbonyl (C=O) groups is 1. The summed E-state index contributed by atoms with van der Waals surface area (Å²) in [6.45, 7) is 3.38. The molecule has 4 heteroatoms. The van der Waals surface area contributed by atoms with Gasteiger partial charge in [0, 0.05) is 5.56 Å². The maximum Gasteiger partial charge on any atom is 0.315 e. The zero-order valence-electron chi connectivity index (χ0n) is 9.90. The fourth-order valence-electron chi connectivity index (χ4n) is 1.51. The summed E-state index contributed by atoms with van der Waals surface area (Å²) in [5.41, 5.74) is -0.424. The first-order chi connectivity index (χ1) is 7.43. The van der Waals surface area contributed by atoms with Gasteiger partial charge in [-0.05, 0) is 32.0 Å². The molecule has 0 aliphatic carbocycles. The normalized spacial score (nSPS) is 11.0. The average Bonchev–Trinajstić information content (AvgIpc) is 2.28. The average molecular weight is 224 g/mol. The number of esters is 1. The van der Waals surface area contributed by atoms with Gasteiger partial charge in [-0.1, -0.05) is 0 Å². The number of methoxy groups -OCH3 is 2. The Hall–Kier alpha value is -1.71. The molecule has 4 nitrogen and oxygen atoms in total. The second kappa shape index (κ2) is 4.43. The SMILES string of the molecule is COC(=O)C(C)(C)c1cc(OC)ccc1O. The number of hydrogen-bond donors (Lipinski definition) is 1. The number of benzene rings is 1. The van der Waals surface area contributed by atoms with Crippen molar-refractivity contribution in [3.05, 3.63) is 23.8 Å². The molecule has 1 rings (SSSR count). The van der Waals surface area contributed by atoms with Crippen LogP contribution in [0.4, 0.5) is 0 Å². The standard InChI is InChI=1S/C12H16O4/c1-12(2,11(14)16-4)9-7-8(15-3)5-6-10(9)13/h5-7,13H,1-4H3. The van der Waals surface area contributed by atoms with Crippen molar-refractivity contribution in [3.63, 3.8) is 0 Å². The molecule has 88 valence electrons. The molecule has 0 unspecified atom stereocenters. The van der Waals surface area contributed by atoms with E-state index in [1.165, 1.54) is 20.3 Å². The maximum absolute atomic E-state index is 11.6. The predicted octanol–water partition coefficient (Wildman–Crippen LogP) is 1.85. The molecule has 0 fully saturated rings. The molecule has 0 bridgehead atoms. The van der Waals surface area contributed by atoms with Crippen molar-refractivity contribution < 1.29 is 19.4 Å². The molecule has 0 radical (unpaired) electrons. The van der Waals surface area contributed by atoms with E-state index in [1.54, 1.807) is 26.0 Å². The van der Waals surface area contributed by atoms with E-state index in [9.17, 15) is 9.90 Å². The van der Waals surface area contributed by atoms with E-state index >= 15 is 0 Å². The molecule has 0 spiro atoms. The molecule has 0 saturated heterocycles. The molecule has 0 aromatic heterocycles. The number of carbonyl (C=O) groups excluding carboxylic acids is 1. The van der Waals surface area contributed by atoms with Crippen LogP contribution in [-0.4, -0.2) is 25.3 Å². The smallest absolute Gasteiger partial charge is 0.315 e. The molecule has 1 aromatic rings. The fourth-order valence-corrected chi connectivity index (χ4v) is 1.51. The maximum atomic E-state index is 11.6. The first-order valence-corrected chi connectivity index (χ1v) is 4.89. The monoisotopic (exact) mass is 224 g/mol. The van der Waals surface area contributed by atoms with Crippen molar-refractivity contribution >= 4 is 5.97 Å². The van der Waals surface area contributed by atoms with Crippen LogP contribution in [-0.2, 0) is 14.9 Å². The molecule has 0 saturated carbocycles. The van der Waals surface area contributed by atoms with Gasteiger partial charge in [0.15, 0.2) is 0 Å². The molecule has 1 N–H and O–H groups in total. The number of aromatic hydroxyl groups is 1. The summed E-state index contributed by atoms with van der Waals surface area (Å²) in [7, 11) is 2.85. The molecule has 1 aromatic carbocycles. The lowest BCUT2D eigenvalue weighted by molar-refractivity contribution is -0.146. The van der Waals surface area contributed by atoms with Gasteiger partial charge in [0.1, 0.15) is 11.5 Å². The highest BCUT2D eigenvalue weighted by molar-refractivity contribution is 5.83. The van der Waals surface area contributed by atoms with Crippen LogP contribution >= 0.6 is 0 Å².